The standard InChI is InChI=1S/C13H18F2N2/c14-11-6-10(7-12(15)8-11)3-5-17-13-2-1-4-16-9-13/h6-8,13,16-17H,1-5,9H2. The lowest BCUT2D eigenvalue weighted by Gasteiger charge is -2.23. The van der Waals surface area contributed by atoms with E-state index in [4.69, 9.17) is 0 Å². The highest BCUT2D eigenvalue weighted by Crippen LogP contribution is 2.08. The summed E-state index contributed by atoms with van der Waals surface area (Å²) in [6.07, 6.45) is 3.02. The van der Waals surface area contributed by atoms with E-state index in [2.05, 4.69) is 10.6 Å². The molecular weight excluding hydrogens is 222 g/mol. The van der Waals surface area contributed by atoms with Crippen molar-refractivity contribution in [2.45, 2.75) is 25.3 Å². The van der Waals surface area contributed by atoms with Gasteiger partial charge in [-0.1, -0.05) is 0 Å². The van der Waals surface area contributed by atoms with Gasteiger partial charge >= 0.3 is 0 Å². The van der Waals surface area contributed by atoms with E-state index in [9.17, 15) is 8.78 Å². The molecule has 0 aromatic heterocycles. The van der Waals surface area contributed by atoms with Crippen molar-refractivity contribution in [2.75, 3.05) is 19.6 Å². The van der Waals surface area contributed by atoms with Crippen molar-refractivity contribution in [3.05, 3.63) is 35.4 Å². The first-order valence-corrected chi connectivity index (χ1v) is 6.13. The average Bonchev–Trinajstić information content (AvgIpc) is 2.29. The predicted molar refractivity (Wildman–Crippen MR) is 64.0 cm³/mol. The first-order chi connectivity index (χ1) is 8.24. The van der Waals surface area contributed by atoms with Crippen molar-refractivity contribution in [3.8, 4) is 0 Å². The van der Waals surface area contributed by atoms with Gasteiger partial charge in [-0.05, 0) is 50.0 Å². The zero-order chi connectivity index (χ0) is 12.1. The van der Waals surface area contributed by atoms with Crippen LogP contribution in [0.5, 0.6) is 0 Å². The fraction of sp³-hybridized carbons (Fsp3) is 0.538. The summed E-state index contributed by atoms with van der Waals surface area (Å²) in [5, 5.41) is 6.72. The minimum atomic E-state index is -0.501. The molecule has 4 heteroatoms. The monoisotopic (exact) mass is 240 g/mol. The third-order valence-corrected chi connectivity index (χ3v) is 3.07. The van der Waals surface area contributed by atoms with Gasteiger partial charge in [-0.3, -0.25) is 0 Å². The fourth-order valence-electron chi connectivity index (χ4n) is 2.20. The van der Waals surface area contributed by atoms with Crippen molar-refractivity contribution < 1.29 is 8.78 Å². The van der Waals surface area contributed by atoms with Gasteiger partial charge in [-0.25, -0.2) is 8.78 Å². The van der Waals surface area contributed by atoms with E-state index in [0.717, 1.165) is 25.7 Å². The summed E-state index contributed by atoms with van der Waals surface area (Å²) in [5.41, 5.74) is 0.707. The van der Waals surface area contributed by atoms with Crippen LogP contribution in [-0.4, -0.2) is 25.7 Å². The molecule has 0 saturated carbocycles. The zero-order valence-electron chi connectivity index (χ0n) is 9.81. The number of hydrogen-bond acceptors (Lipinski definition) is 2. The summed E-state index contributed by atoms with van der Waals surface area (Å²) < 4.78 is 25.9. The Hall–Kier alpha value is -1.00. The lowest BCUT2D eigenvalue weighted by atomic mass is 10.1. The minimum Gasteiger partial charge on any atom is -0.315 e. The molecule has 1 unspecified atom stereocenters. The van der Waals surface area contributed by atoms with E-state index in [-0.39, 0.29) is 0 Å². The molecule has 0 aliphatic carbocycles. The fourth-order valence-corrected chi connectivity index (χ4v) is 2.20. The molecule has 2 rings (SSSR count). The van der Waals surface area contributed by atoms with Crippen molar-refractivity contribution in [3.63, 3.8) is 0 Å². The average molecular weight is 240 g/mol. The molecule has 0 amide bonds. The Morgan fingerprint density at radius 2 is 2.00 bits per heavy atom. The molecule has 2 nitrogen and oxygen atoms in total. The molecule has 1 heterocycles. The number of hydrogen-bond donors (Lipinski definition) is 2. The van der Waals surface area contributed by atoms with E-state index < -0.39 is 11.6 Å². The first kappa shape index (κ1) is 12.5. The van der Waals surface area contributed by atoms with Gasteiger partial charge in [0.15, 0.2) is 0 Å². The Labute approximate surface area is 100 Å². The highest BCUT2D eigenvalue weighted by atomic mass is 19.1. The van der Waals surface area contributed by atoms with Gasteiger partial charge in [0, 0.05) is 18.7 Å². The van der Waals surface area contributed by atoms with E-state index >= 15 is 0 Å². The maximum absolute atomic E-state index is 12.9. The molecular formula is C13H18F2N2. The van der Waals surface area contributed by atoms with Gasteiger partial charge in [0.2, 0.25) is 0 Å². The molecule has 1 fully saturated rings. The molecule has 1 saturated heterocycles. The molecule has 94 valence electrons. The van der Waals surface area contributed by atoms with Crippen molar-refractivity contribution in [1.29, 1.82) is 0 Å². The number of piperidine rings is 1. The Kier molecular flexibility index (Phi) is 4.45. The van der Waals surface area contributed by atoms with Crippen LogP contribution in [-0.2, 0) is 6.42 Å². The van der Waals surface area contributed by atoms with E-state index in [1.165, 1.54) is 25.0 Å². The normalized spacial score (nSPS) is 20.5. The van der Waals surface area contributed by atoms with Crippen LogP contribution in [0.1, 0.15) is 18.4 Å². The van der Waals surface area contributed by atoms with Crippen LogP contribution in [0.2, 0.25) is 0 Å². The number of halogens is 2. The summed E-state index contributed by atoms with van der Waals surface area (Å²) in [6, 6.07) is 4.18. The van der Waals surface area contributed by atoms with Gasteiger partial charge in [-0.2, -0.15) is 0 Å². The smallest absolute Gasteiger partial charge is 0.126 e. The van der Waals surface area contributed by atoms with Gasteiger partial charge in [-0.15, -0.1) is 0 Å². The minimum absolute atomic E-state index is 0.488. The lowest BCUT2D eigenvalue weighted by Crippen LogP contribution is -2.43. The molecule has 1 aliphatic heterocycles. The molecule has 1 aromatic rings. The zero-order valence-corrected chi connectivity index (χ0v) is 9.81. The van der Waals surface area contributed by atoms with E-state index in [0.29, 0.717) is 18.0 Å². The van der Waals surface area contributed by atoms with Crippen molar-refractivity contribution in [1.82, 2.24) is 10.6 Å². The second-order valence-corrected chi connectivity index (χ2v) is 4.53. The summed E-state index contributed by atoms with van der Waals surface area (Å²) in [4.78, 5) is 0. The lowest BCUT2D eigenvalue weighted by molar-refractivity contribution is 0.392. The molecule has 2 N–H and O–H groups in total. The van der Waals surface area contributed by atoms with Crippen LogP contribution < -0.4 is 10.6 Å². The van der Waals surface area contributed by atoms with Gasteiger partial charge in [0.1, 0.15) is 11.6 Å². The number of rotatable bonds is 4. The van der Waals surface area contributed by atoms with Gasteiger partial charge in [0.25, 0.3) is 0 Å². The first-order valence-electron chi connectivity index (χ1n) is 6.13. The number of benzene rings is 1. The molecule has 0 spiro atoms. The quantitative estimate of drug-likeness (QED) is 0.839. The third-order valence-electron chi connectivity index (χ3n) is 3.07. The predicted octanol–water partition coefficient (Wildman–Crippen LogP) is 1.85. The van der Waals surface area contributed by atoms with Crippen LogP contribution in [0, 0.1) is 11.6 Å². The summed E-state index contributed by atoms with van der Waals surface area (Å²) in [6.45, 7) is 2.83. The van der Waals surface area contributed by atoms with Crippen molar-refractivity contribution >= 4 is 0 Å². The molecule has 0 radical (unpaired) electrons. The second-order valence-electron chi connectivity index (χ2n) is 4.53. The summed E-state index contributed by atoms with van der Waals surface area (Å²) in [5.74, 6) is -1.00. The largest absolute Gasteiger partial charge is 0.315 e. The van der Waals surface area contributed by atoms with Crippen LogP contribution in [0.3, 0.4) is 0 Å². The molecule has 1 aliphatic rings. The topological polar surface area (TPSA) is 24.1 Å². The Balaban J connectivity index is 1.77. The molecule has 1 atom stereocenters. The van der Waals surface area contributed by atoms with Gasteiger partial charge < -0.3 is 10.6 Å². The SMILES string of the molecule is Fc1cc(F)cc(CCNC2CCCNC2)c1. The van der Waals surface area contributed by atoms with Crippen LogP contribution in [0.25, 0.3) is 0 Å². The Bertz CT molecular complexity index is 342. The van der Waals surface area contributed by atoms with Gasteiger partial charge in [0.05, 0.1) is 0 Å². The van der Waals surface area contributed by atoms with Crippen molar-refractivity contribution in [2.24, 2.45) is 0 Å². The van der Waals surface area contributed by atoms with Crippen LogP contribution in [0.4, 0.5) is 8.78 Å². The molecule has 0 bridgehead atoms. The second kappa shape index (κ2) is 6.07. The van der Waals surface area contributed by atoms with E-state index in [1.807, 2.05) is 0 Å². The summed E-state index contributed by atoms with van der Waals surface area (Å²) in [7, 11) is 0. The molecule has 1 aromatic carbocycles. The Morgan fingerprint density at radius 1 is 1.24 bits per heavy atom. The Morgan fingerprint density at radius 3 is 2.65 bits per heavy atom. The summed E-state index contributed by atoms with van der Waals surface area (Å²) >= 11 is 0. The highest BCUT2D eigenvalue weighted by Gasteiger charge is 2.11. The maximum Gasteiger partial charge on any atom is 0.126 e. The van der Waals surface area contributed by atoms with Crippen LogP contribution in [0.15, 0.2) is 18.2 Å². The third kappa shape index (κ3) is 4.06. The number of nitrogens with one attached hydrogen (secondary N) is 2. The van der Waals surface area contributed by atoms with Crippen LogP contribution >= 0.6 is 0 Å². The maximum atomic E-state index is 12.9. The van der Waals surface area contributed by atoms with E-state index in [1.54, 1.807) is 0 Å². The highest BCUT2D eigenvalue weighted by molar-refractivity contribution is 5.18. The molecule has 17 heavy (non-hydrogen) atoms.